The number of pyridine rings is 1. The van der Waals surface area contributed by atoms with E-state index in [-0.39, 0.29) is 40.7 Å². The average Bonchev–Trinajstić information content (AvgIpc) is 2.76. The van der Waals surface area contributed by atoms with E-state index in [9.17, 15) is 36.0 Å². The first kappa shape index (κ1) is 27.6. The second-order valence-corrected chi connectivity index (χ2v) is 9.44. The van der Waals surface area contributed by atoms with Crippen molar-refractivity contribution in [1.29, 1.82) is 5.26 Å². The van der Waals surface area contributed by atoms with Gasteiger partial charge in [0.1, 0.15) is 29.1 Å². The molecule has 8 nitrogen and oxygen atoms in total. The number of nitriles is 1. The normalized spacial score (nSPS) is 12.4. The lowest BCUT2D eigenvalue weighted by molar-refractivity contribution is -0.141. The highest BCUT2D eigenvalue weighted by Crippen LogP contribution is 2.32. The predicted molar refractivity (Wildman–Crippen MR) is 123 cm³/mol. The highest BCUT2D eigenvalue weighted by atomic mass is 32.2. The Morgan fingerprint density at radius 3 is 2.49 bits per heavy atom. The maximum absolute atomic E-state index is 14.4. The summed E-state index contributed by atoms with van der Waals surface area (Å²) in [6.45, 7) is 6.93. The van der Waals surface area contributed by atoms with Gasteiger partial charge in [-0.3, -0.25) is 9.52 Å². The highest BCUT2D eigenvalue weighted by Gasteiger charge is 2.33. The topological polar surface area (TPSA) is 124 Å². The van der Waals surface area contributed by atoms with E-state index in [2.05, 4.69) is 22.2 Å². The molecule has 3 N–H and O–H groups in total. The van der Waals surface area contributed by atoms with Crippen LogP contribution < -0.4 is 15.4 Å². The molecular weight excluding hydrogens is 490 g/mol. The number of carbonyl (C=O) groups excluding carboxylic acids is 1. The Balaban J connectivity index is 2.28. The molecule has 0 radical (unpaired) electrons. The minimum Gasteiger partial charge on any atom is -0.367 e. The second kappa shape index (κ2) is 10.7. The van der Waals surface area contributed by atoms with Crippen LogP contribution in [0.15, 0.2) is 30.8 Å². The monoisotopic (exact) mass is 513 g/mol. The summed E-state index contributed by atoms with van der Waals surface area (Å²) in [4.78, 5) is 16.3. The Morgan fingerprint density at radius 1 is 1.29 bits per heavy atom. The van der Waals surface area contributed by atoms with Gasteiger partial charge >= 0.3 is 6.18 Å². The fraction of sp³-hybridized carbons (Fsp3) is 0.318. The Labute approximate surface area is 200 Å². The minimum atomic E-state index is -4.69. The van der Waals surface area contributed by atoms with E-state index in [1.807, 2.05) is 11.6 Å². The van der Waals surface area contributed by atoms with Gasteiger partial charge in [-0.05, 0) is 43.2 Å². The van der Waals surface area contributed by atoms with Crippen LogP contribution in [-0.4, -0.2) is 31.6 Å². The van der Waals surface area contributed by atoms with Crippen LogP contribution in [0.1, 0.15) is 42.7 Å². The molecule has 1 atom stereocenters. The SMILES string of the molecule is C=C(C(=O)NCc1cc(F)c(NS(C)(=O)=O)c(C#N)c1)c1ccc(C(F)(F)F)nc1NC(C)CC. The van der Waals surface area contributed by atoms with Crippen LogP contribution in [0, 0.1) is 17.1 Å². The summed E-state index contributed by atoms with van der Waals surface area (Å²) in [5.74, 6) is -1.95. The molecule has 35 heavy (non-hydrogen) atoms. The van der Waals surface area contributed by atoms with E-state index in [4.69, 9.17) is 0 Å². The molecule has 0 saturated heterocycles. The lowest BCUT2D eigenvalue weighted by atomic mass is 10.1. The number of sulfonamides is 1. The summed E-state index contributed by atoms with van der Waals surface area (Å²) < 4.78 is 78.5. The first-order valence-electron chi connectivity index (χ1n) is 10.2. The van der Waals surface area contributed by atoms with Crippen molar-refractivity contribution in [2.75, 3.05) is 16.3 Å². The number of anilines is 2. The molecule has 0 fully saturated rings. The molecule has 1 unspecified atom stereocenters. The molecule has 0 aliphatic heterocycles. The quantitative estimate of drug-likeness (QED) is 0.344. The van der Waals surface area contributed by atoms with Gasteiger partial charge in [-0.25, -0.2) is 17.8 Å². The van der Waals surface area contributed by atoms with Crippen molar-refractivity contribution in [2.24, 2.45) is 0 Å². The van der Waals surface area contributed by atoms with E-state index in [0.717, 1.165) is 24.5 Å². The predicted octanol–water partition coefficient (Wildman–Crippen LogP) is 4.02. The van der Waals surface area contributed by atoms with Crippen LogP contribution in [0.25, 0.3) is 5.57 Å². The molecule has 0 aliphatic rings. The van der Waals surface area contributed by atoms with Gasteiger partial charge in [0.05, 0.1) is 11.8 Å². The van der Waals surface area contributed by atoms with Gasteiger partial charge in [-0.2, -0.15) is 18.4 Å². The summed E-state index contributed by atoms with van der Waals surface area (Å²) in [5.41, 5.74) is -1.96. The van der Waals surface area contributed by atoms with Crippen molar-refractivity contribution in [3.05, 3.63) is 59.0 Å². The van der Waals surface area contributed by atoms with Crippen molar-refractivity contribution >= 4 is 33.0 Å². The zero-order valence-electron chi connectivity index (χ0n) is 19.0. The molecule has 0 spiro atoms. The number of nitrogens with zero attached hydrogens (tertiary/aromatic N) is 2. The molecule has 2 rings (SSSR count). The molecule has 1 aromatic carbocycles. The number of carbonyl (C=O) groups is 1. The van der Waals surface area contributed by atoms with E-state index in [1.165, 1.54) is 6.07 Å². The number of rotatable bonds is 9. The zero-order chi connectivity index (χ0) is 26.6. The Kier molecular flexibility index (Phi) is 8.46. The Morgan fingerprint density at radius 2 is 1.94 bits per heavy atom. The first-order valence-corrected chi connectivity index (χ1v) is 12.1. The minimum absolute atomic E-state index is 0.0485. The van der Waals surface area contributed by atoms with Gasteiger partial charge < -0.3 is 10.6 Å². The Hall–Kier alpha value is -3.66. The summed E-state index contributed by atoms with van der Waals surface area (Å²) in [5, 5.41) is 14.5. The molecule has 13 heteroatoms. The third kappa shape index (κ3) is 7.41. The summed E-state index contributed by atoms with van der Waals surface area (Å²) >= 11 is 0. The van der Waals surface area contributed by atoms with Crippen LogP contribution >= 0.6 is 0 Å². The van der Waals surface area contributed by atoms with E-state index < -0.39 is 39.3 Å². The van der Waals surface area contributed by atoms with E-state index >= 15 is 0 Å². The zero-order valence-corrected chi connectivity index (χ0v) is 19.9. The molecule has 2 aromatic rings. The fourth-order valence-electron chi connectivity index (χ4n) is 2.86. The average molecular weight is 514 g/mol. The van der Waals surface area contributed by atoms with Crippen molar-refractivity contribution in [2.45, 2.75) is 39.0 Å². The summed E-state index contributed by atoms with van der Waals surface area (Å²) in [6, 6.07) is 5.38. The van der Waals surface area contributed by atoms with Gasteiger partial charge in [0.15, 0.2) is 0 Å². The molecule has 0 saturated carbocycles. The highest BCUT2D eigenvalue weighted by molar-refractivity contribution is 7.92. The number of halogens is 4. The lowest BCUT2D eigenvalue weighted by Crippen LogP contribution is -2.25. The number of amides is 1. The van der Waals surface area contributed by atoms with Gasteiger partial charge in [-0.1, -0.05) is 13.5 Å². The van der Waals surface area contributed by atoms with Gasteiger partial charge in [0, 0.05) is 23.7 Å². The maximum atomic E-state index is 14.4. The molecule has 0 aliphatic carbocycles. The van der Waals surface area contributed by atoms with Crippen molar-refractivity contribution in [1.82, 2.24) is 10.3 Å². The second-order valence-electron chi connectivity index (χ2n) is 7.69. The Bertz CT molecular complexity index is 1290. The van der Waals surface area contributed by atoms with E-state index in [0.29, 0.717) is 6.42 Å². The van der Waals surface area contributed by atoms with Crippen LogP contribution in [0.2, 0.25) is 0 Å². The molecule has 1 heterocycles. The fourth-order valence-corrected chi connectivity index (χ4v) is 3.44. The molecular formula is C22H23F4N5O3S. The van der Waals surface area contributed by atoms with Gasteiger partial charge in [0.25, 0.3) is 5.91 Å². The van der Waals surface area contributed by atoms with Crippen molar-refractivity contribution in [3.63, 3.8) is 0 Å². The number of hydrogen-bond acceptors (Lipinski definition) is 6. The third-order valence-corrected chi connectivity index (χ3v) is 5.37. The number of benzene rings is 1. The maximum Gasteiger partial charge on any atom is 0.433 e. The van der Waals surface area contributed by atoms with Crippen LogP contribution in [0.4, 0.5) is 29.1 Å². The number of alkyl halides is 3. The molecule has 1 amide bonds. The molecule has 0 bridgehead atoms. The summed E-state index contributed by atoms with van der Waals surface area (Å²) in [7, 11) is -3.84. The van der Waals surface area contributed by atoms with E-state index in [1.54, 1.807) is 13.0 Å². The van der Waals surface area contributed by atoms with Crippen LogP contribution in [0.3, 0.4) is 0 Å². The number of aromatic nitrogens is 1. The van der Waals surface area contributed by atoms with Crippen LogP contribution in [-0.2, 0) is 27.5 Å². The summed E-state index contributed by atoms with van der Waals surface area (Å²) in [6.07, 6.45) is -3.31. The van der Waals surface area contributed by atoms with Crippen molar-refractivity contribution in [3.8, 4) is 6.07 Å². The smallest absolute Gasteiger partial charge is 0.367 e. The third-order valence-electron chi connectivity index (χ3n) is 4.79. The standard InChI is InChI=1S/C22H23F4N5O3S/c1-5-12(2)29-20-16(6-7-18(30-20)22(24,25)26)13(3)21(32)28-11-14-8-15(10-27)19(17(23)9-14)31-35(4,33)34/h6-9,12,31H,3,5,11H2,1-2,4H3,(H,28,32)(H,29,30). The largest absolute Gasteiger partial charge is 0.433 e. The molecule has 1 aromatic heterocycles. The van der Waals surface area contributed by atoms with Gasteiger partial charge in [0.2, 0.25) is 10.0 Å². The molecule has 188 valence electrons. The van der Waals surface area contributed by atoms with Crippen LogP contribution in [0.5, 0.6) is 0 Å². The van der Waals surface area contributed by atoms with Crippen molar-refractivity contribution < 1.29 is 30.8 Å². The lowest BCUT2D eigenvalue weighted by Gasteiger charge is -2.18. The number of hydrogen-bond donors (Lipinski definition) is 3. The first-order chi connectivity index (χ1) is 16.2. The number of nitrogens with one attached hydrogen (secondary N) is 3. The van der Waals surface area contributed by atoms with Gasteiger partial charge in [-0.15, -0.1) is 0 Å².